The Labute approximate surface area is 203 Å². The Morgan fingerprint density at radius 3 is 2.52 bits per heavy atom. The van der Waals surface area contributed by atoms with Gasteiger partial charge in [-0.2, -0.15) is 5.10 Å². The molecule has 3 aromatic carbocycles. The number of aromatic nitrogens is 3. The van der Waals surface area contributed by atoms with E-state index in [0.29, 0.717) is 16.0 Å². The maximum atomic E-state index is 13.8. The molecule has 0 aliphatic carbocycles. The lowest BCUT2D eigenvalue weighted by Crippen LogP contribution is -2.20. The number of hydrogen-bond acceptors (Lipinski definition) is 5. The second kappa shape index (κ2) is 10.6. The van der Waals surface area contributed by atoms with E-state index in [2.05, 4.69) is 20.7 Å². The van der Waals surface area contributed by atoms with Crippen LogP contribution in [0.25, 0.3) is 17.1 Å². The van der Waals surface area contributed by atoms with Crippen molar-refractivity contribution in [2.45, 2.75) is 5.16 Å². The van der Waals surface area contributed by atoms with Gasteiger partial charge in [0.05, 0.1) is 17.0 Å². The minimum atomic E-state index is -0.528. The molecule has 0 unspecified atom stereocenters. The predicted octanol–water partition coefficient (Wildman–Crippen LogP) is 5.62. The molecule has 0 aliphatic heterocycles. The number of carbonyl (C=O) groups is 1. The van der Waals surface area contributed by atoms with Crippen LogP contribution < -0.4 is 5.43 Å². The van der Waals surface area contributed by atoms with Crippen LogP contribution in [-0.4, -0.2) is 32.6 Å². The summed E-state index contributed by atoms with van der Waals surface area (Å²) in [5, 5.41) is 13.7. The quantitative estimate of drug-likeness (QED) is 0.203. The molecule has 1 amide bonds. The van der Waals surface area contributed by atoms with Crippen molar-refractivity contribution in [2.24, 2.45) is 5.10 Å². The molecule has 0 saturated carbocycles. The average Bonchev–Trinajstić information content (AvgIpc) is 3.25. The summed E-state index contributed by atoms with van der Waals surface area (Å²) in [4.78, 5) is 12.3. The van der Waals surface area contributed by atoms with E-state index < -0.39 is 11.7 Å². The summed E-state index contributed by atoms with van der Waals surface area (Å²) in [7, 11) is 0. The number of amides is 1. The van der Waals surface area contributed by atoms with Gasteiger partial charge < -0.3 is 0 Å². The number of nitrogens with zero attached hydrogens (tertiary/aromatic N) is 4. The highest BCUT2D eigenvalue weighted by atomic mass is 35.5. The van der Waals surface area contributed by atoms with Crippen molar-refractivity contribution in [2.75, 3.05) is 5.75 Å². The maximum absolute atomic E-state index is 13.8. The molecule has 1 heterocycles. The molecule has 1 N–H and O–H groups in total. The molecule has 0 radical (unpaired) electrons. The molecule has 33 heavy (non-hydrogen) atoms. The van der Waals surface area contributed by atoms with Crippen LogP contribution in [-0.2, 0) is 4.79 Å². The zero-order valence-corrected chi connectivity index (χ0v) is 19.3. The highest BCUT2D eigenvalue weighted by molar-refractivity contribution is 7.99. The molecule has 0 spiro atoms. The third-order valence-corrected chi connectivity index (χ3v) is 5.98. The van der Waals surface area contributed by atoms with Gasteiger partial charge in [0.1, 0.15) is 5.82 Å². The van der Waals surface area contributed by atoms with Crippen molar-refractivity contribution in [3.8, 4) is 17.1 Å². The first-order chi connectivity index (χ1) is 16.0. The summed E-state index contributed by atoms with van der Waals surface area (Å²) in [5.74, 6) is -0.272. The fourth-order valence-electron chi connectivity index (χ4n) is 2.93. The Morgan fingerprint density at radius 2 is 1.79 bits per heavy atom. The second-order valence-corrected chi connectivity index (χ2v) is 8.49. The number of nitrogens with one attached hydrogen (secondary N) is 1. The van der Waals surface area contributed by atoms with Crippen molar-refractivity contribution < 1.29 is 9.18 Å². The number of hydrazone groups is 1. The fraction of sp³-hybridized carbons (Fsp3) is 0.0435. The van der Waals surface area contributed by atoms with Crippen LogP contribution in [0.2, 0.25) is 10.0 Å². The predicted molar refractivity (Wildman–Crippen MR) is 130 cm³/mol. The second-order valence-electron chi connectivity index (χ2n) is 6.70. The standard InChI is InChI=1S/C23H16Cl2FN5OS/c24-16-9-11-17(12-10-16)31-22(15-5-2-1-3-6-15)29-30-23(31)33-14-21(32)28-27-13-18-19(25)7-4-8-20(18)26/h1-13H,14H2,(H,28,32). The number of carbonyl (C=O) groups excluding carboxylic acids is 1. The van der Waals surface area contributed by atoms with E-state index in [0.717, 1.165) is 11.3 Å². The average molecular weight is 500 g/mol. The van der Waals surface area contributed by atoms with Gasteiger partial charge in [-0.15, -0.1) is 10.2 Å². The number of hydrogen-bond donors (Lipinski definition) is 1. The first kappa shape index (κ1) is 23.0. The smallest absolute Gasteiger partial charge is 0.250 e. The van der Waals surface area contributed by atoms with Crippen LogP contribution in [0.4, 0.5) is 4.39 Å². The SMILES string of the molecule is O=C(CSc1nnc(-c2ccccc2)n1-c1ccc(Cl)cc1)NN=Cc1c(F)cccc1Cl. The summed E-state index contributed by atoms with van der Waals surface area (Å²) in [6, 6.07) is 21.1. The summed E-state index contributed by atoms with van der Waals surface area (Å²) in [5.41, 5.74) is 4.15. The lowest BCUT2D eigenvalue weighted by Gasteiger charge is -2.10. The minimum absolute atomic E-state index is 0.0167. The maximum Gasteiger partial charge on any atom is 0.250 e. The van der Waals surface area contributed by atoms with Gasteiger partial charge in [-0.1, -0.05) is 71.4 Å². The van der Waals surface area contributed by atoms with Crippen LogP contribution in [0.5, 0.6) is 0 Å². The highest BCUT2D eigenvalue weighted by Gasteiger charge is 2.17. The molecule has 0 aliphatic rings. The molecular weight excluding hydrogens is 484 g/mol. The third kappa shape index (κ3) is 5.60. The minimum Gasteiger partial charge on any atom is -0.272 e. The molecule has 6 nitrogen and oxygen atoms in total. The van der Waals surface area contributed by atoms with Gasteiger partial charge in [0.25, 0.3) is 5.91 Å². The lowest BCUT2D eigenvalue weighted by atomic mass is 10.2. The van der Waals surface area contributed by atoms with Gasteiger partial charge in [-0.25, -0.2) is 9.82 Å². The normalized spacial score (nSPS) is 11.1. The molecule has 0 fully saturated rings. The van der Waals surface area contributed by atoms with Gasteiger partial charge in [-0.05, 0) is 36.4 Å². The van der Waals surface area contributed by atoms with Gasteiger partial charge >= 0.3 is 0 Å². The van der Waals surface area contributed by atoms with Gasteiger partial charge in [0.2, 0.25) is 0 Å². The van der Waals surface area contributed by atoms with Crippen molar-refractivity contribution in [1.29, 1.82) is 0 Å². The monoisotopic (exact) mass is 499 g/mol. The molecule has 1 aromatic heterocycles. The van der Waals surface area contributed by atoms with Crippen LogP contribution in [0.15, 0.2) is 83.1 Å². The topological polar surface area (TPSA) is 72.2 Å². The molecule has 0 atom stereocenters. The van der Waals surface area contributed by atoms with E-state index in [9.17, 15) is 9.18 Å². The van der Waals surface area contributed by atoms with Crippen molar-refractivity contribution in [3.63, 3.8) is 0 Å². The first-order valence-corrected chi connectivity index (χ1v) is 11.4. The Hall–Kier alpha value is -3.20. The first-order valence-electron chi connectivity index (χ1n) is 9.68. The number of halogens is 3. The van der Waals surface area contributed by atoms with Crippen LogP contribution in [0, 0.1) is 5.82 Å². The molecule has 10 heteroatoms. The Kier molecular flexibility index (Phi) is 7.39. The number of benzene rings is 3. The summed E-state index contributed by atoms with van der Waals surface area (Å²) in [6.07, 6.45) is 1.17. The summed E-state index contributed by atoms with van der Waals surface area (Å²) in [6.45, 7) is 0. The van der Waals surface area contributed by atoms with Gasteiger partial charge in [-0.3, -0.25) is 9.36 Å². The van der Waals surface area contributed by atoms with Crippen molar-refractivity contribution in [3.05, 3.63) is 94.2 Å². The van der Waals surface area contributed by atoms with E-state index in [1.807, 2.05) is 47.0 Å². The van der Waals surface area contributed by atoms with E-state index in [4.69, 9.17) is 23.2 Å². The Morgan fingerprint density at radius 1 is 1.03 bits per heavy atom. The highest BCUT2D eigenvalue weighted by Crippen LogP contribution is 2.28. The Bertz CT molecular complexity index is 1280. The van der Waals surface area contributed by atoms with E-state index in [-0.39, 0.29) is 16.3 Å². The van der Waals surface area contributed by atoms with Gasteiger partial charge in [0, 0.05) is 21.8 Å². The van der Waals surface area contributed by atoms with E-state index in [1.165, 1.54) is 36.2 Å². The van der Waals surface area contributed by atoms with E-state index in [1.54, 1.807) is 12.1 Å². The summed E-state index contributed by atoms with van der Waals surface area (Å²) < 4.78 is 15.7. The zero-order chi connectivity index (χ0) is 23.2. The molecular formula is C23H16Cl2FN5OS. The van der Waals surface area contributed by atoms with Crippen LogP contribution in [0.3, 0.4) is 0 Å². The van der Waals surface area contributed by atoms with Crippen molar-refractivity contribution >= 4 is 47.1 Å². The molecule has 4 rings (SSSR count). The number of rotatable bonds is 7. The lowest BCUT2D eigenvalue weighted by molar-refractivity contribution is -0.118. The number of thioether (sulfide) groups is 1. The molecule has 0 saturated heterocycles. The fourth-order valence-corrected chi connectivity index (χ4v) is 4.01. The third-order valence-electron chi connectivity index (χ3n) is 4.47. The Balaban J connectivity index is 1.51. The largest absolute Gasteiger partial charge is 0.272 e. The van der Waals surface area contributed by atoms with Crippen LogP contribution in [0.1, 0.15) is 5.56 Å². The van der Waals surface area contributed by atoms with E-state index >= 15 is 0 Å². The van der Waals surface area contributed by atoms with Gasteiger partial charge in [0.15, 0.2) is 11.0 Å². The molecule has 166 valence electrons. The zero-order valence-electron chi connectivity index (χ0n) is 17.0. The molecule has 4 aromatic rings. The molecule has 0 bridgehead atoms. The van der Waals surface area contributed by atoms with Crippen LogP contribution >= 0.6 is 35.0 Å². The van der Waals surface area contributed by atoms with Crippen molar-refractivity contribution in [1.82, 2.24) is 20.2 Å². The summed E-state index contributed by atoms with van der Waals surface area (Å²) >= 11 is 13.2.